The molecular formula is C13H20N2O. The molecule has 16 heavy (non-hydrogen) atoms. The van der Waals surface area contributed by atoms with Crippen molar-refractivity contribution in [3.05, 3.63) is 23.5 Å². The predicted octanol–water partition coefficient (Wildman–Crippen LogP) is 2.16. The normalized spacial score (nSPS) is 15.1. The summed E-state index contributed by atoms with van der Waals surface area (Å²) < 4.78 is 2.27. The Bertz CT molecular complexity index is 358. The van der Waals surface area contributed by atoms with E-state index in [0.29, 0.717) is 12.5 Å². The largest absolute Gasteiger partial charge is 0.353 e. The molecule has 0 radical (unpaired) electrons. The van der Waals surface area contributed by atoms with Crippen LogP contribution in [0.1, 0.15) is 37.1 Å². The van der Waals surface area contributed by atoms with Gasteiger partial charge in [0.25, 0.3) is 0 Å². The molecule has 1 N–H and O–H groups in total. The number of nitrogens with zero attached hydrogens (tertiary/aromatic N) is 1. The fourth-order valence-corrected chi connectivity index (χ4v) is 1.98. The lowest BCUT2D eigenvalue weighted by molar-refractivity contribution is -0.121. The molecule has 0 saturated heterocycles. The number of aromatic nitrogens is 1. The molecule has 0 unspecified atom stereocenters. The van der Waals surface area contributed by atoms with Crippen LogP contribution in [-0.4, -0.2) is 16.5 Å². The highest BCUT2D eigenvalue weighted by Crippen LogP contribution is 2.18. The van der Waals surface area contributed by atoms with Crippen LogP contribution in [0.25, 0.3) is 0 Å². The van der Waals surface area contributed by atoms with Crippen LogP contribution >= 0.6 is 0 Å². The highest BCUT2D eigenvalue weighted by molar-refractivity contribution is 5.76. The molecular weight excluding hydrogens is 200 g/mol. The second-order valence-corrected chi connectivity index (χ2v) is 4.71. The van der Waals surface area contributed by atoms with Crippen molar-refractivity contribution in [2.24, 2.45) is 0 Å². The van der Waals surface area contributed by atoms with Crippen LogP contribution in [0.15, 0.2) is 12.1 Å². The molecule has 1 aliphatic carbocycles. The lowest BCUT2D eigenvalue weighted by Crippen LogP contribution is -2.25. The Kier molecular flexibility index (Phi) is 3.32. The van der Waals surface area contributed by atoms with Gasteiger partial charge in [-0.05, 0) is 45.2 Å². The number of hydrogen-bond donors (Lipinski definition) is 1. The molecule has 0 atom stereocenters. The van der Waals surface area contributed by atoms with Crippen LogP contribution in [0.5, 0.6) is 0 Å². The number of amides is 1. The molecule has 3 nitrogen and oxygen atoms in total. The highest BCUT2D eigenvalue weighted by atomic mass is 16.1. The molecule has 88 valence electrons. The van der Waals surface area contributed by atoms with Gasteiger partial charge in [0, 0.05) is 30.4 Å². The van der Waals surface area contributed by atoms with Gasteiger partial charge in [0.2, 0.25) is 5.91 Å². The Hall–Kier alpha value is -1.25. The molecule has 0 aliphatic heterocycles. The maximum atomic E-state index is 11.5. The minimum Gasteiger partial charge on any atom is -0.353 e. The van der Waals surface area contributed by atoms with E-state index >= 15 is 0 Å². The zero-order chi connectivity index (χ0) is 11.5. The SMILES string of the molecule is Cc1ccc(C)n1CCCC(=O)NC1CC1. The lowest BCUT2D eigenvalue weighted by atomic mass is 10.3. The smallest absolute Gasteiger partial charge is 0.220 e. The van der Waals surface area contributed by atoms with Gasteiger partial charge < -0.3 is 9.88 Å². The Morgan fingerprint density at radius 1 is 1.38 bits per heavy atom. The van der Waals surface area contributed by atoms with Crippen LogP contribution in [-0.2, 0) is 11.3 Å². The molecule has 3 heteroatoms. The highest BCUT2D eigenvalue weighted by Gasteiger charge is 2.22. The van der Waals surface area contributed by atoms with E-state index in [0.717, 1.165) is 13.0 Å². The van der Waals surface area contributed by atoms with E-state index in [2.05, 4.69) is 35.9 Å². The summed E-state index contributed by atoms with van der Waals surface area (Å²) in [7, 11) is 0. The van der Waals surface area contributed by atoms with E-state index in [4.69, 9.17) is 0 Å². The topological polar surface area (TPSA) is 34.0 Å². The molecule has 1 amide bonds. The Morgan fingerprint density at radius 3 is 2.56 bits per heavy atom. The second kappa shape index (κ2) is 4.73. The quantitative estimate of drug-likeness (QED) is 0.810. The summed E-state index contributed by atoms with van der Waals surface area (Å²) in [5.74, 6) is 0.213. The molecule has 1 aromatic rings. The zero-order valence-corrected chi connectivity index (χ0v) is 10.1. The molecule has 1 aliphatic rings. The van der Waals surface area contributed by atoms with Gasteiger partial charge in [0.15, 0.2) is 0 Å². The fourth-order valence-electron chi connectivity index (χ4n) is 1.98. The van der Waals surface area contributed by atoms with Gasteiger partial charge in [-0.15, -0.1) is 0 Å². The maximum absolute atomic E-state index is 11.5. The zero-order valence-electron chi connectivity index (χ0n) is 10.1. The Balaban J connectivity index is 1.72. The van der Waals surface area contributed by atoms with Crippen LogP contribution in [0.4, 0.5) is 0 Å². The van der Waals surface area contributed by atoms with Crippen molar-refractivity contribution < 1.29 is 4.79 Å². The van der Waals surface area contributed by atoms with Crippen molar-refractivity contribution in [1.29, 1.82) is 0 Å². The van der Waals surface area contributed by atoms with Gasteiger partial charge in [0.05, 0.1) is 0 Å². The first kappa shape index (κ1) is 11.2. The number of carbonyl (C=O) groups excluding carboxylic acids is 1. The third-order valence-corrected chi connectivity index (χ3v) is 3.15. The average molecular weight is 220 g/mol. The van der Waals surface area contributed by atoms with Gasteiger partial charge in [-0.25, -0.2) is 0 Å². The molecule has 1 aromatic heterocycles. The molecule has 2 rings (SSSR count). The maximum Gasteiger partial charge on any atom is 0.220 e. The van der Waals surface area contributed by atoms with E-state index in [1.165, 1.54) is 24.2 Å². The monoisotopic (exact) mass is 220 g/mol. The van der Waals surface area contributed by atoms with E-state index in [9.17, 15) is 4.79 Å². The third-order valence-electron chi connectivity index (χ3n) is 3.15. The van der Waals surface area contributed by atoms with Crippen LogP contribution < -0.4 is 5.32 Å². The minimum atomic E-state index is 0.213. The van der Waals surface area contributed by atoms with E-state index in [1.54, 1.807) is 0 Å². The summed E-state index contributed by atoms with van der Waals surface area (Å²) >= 11 is 0. The summed E-state index contributed by atoms with van der Waals surface area (Å²) in [6, 6.07) is 4.74. The van der Waals surface area contributed by atoms with E-state index in [1.807, 2.05) is 0 Å². The van der Waals surface area contributed by atoms with Crippen LogP contribution in [0.3, 0.4) is 0 Å². The number of hydrogen-bond acceptors (Lipinski definition) is 1. The lowest BCUT2D eigenvalue weighted by Gasteiger charge is -2.09. The standard InChI is InChI=1S/C13H20N2O/c1-10-5-6-11(2)15(10)9-3-4-13(16)14-12-7-8-12/h5-6,12H,3-4,7-9H2,1-2H3,(H,14,16). The van der Waals surface area contributed by atoms with E-state index < -0.39 is 0 Å². The number of carbonyl (C=O) groups is 1. The number of aryl methyl sites for hydroxylation is 2. The van der Waals surface area contributed by atoms with Gasteiger partial charge in [-0.2, -0.15) is 0 Å². The number of rotatable bonds is 5. The fraction of sp³-hybridized carbons (Fsp3) is 0.615. The summed E-state index contributed by atoms with van der Waals surface area (Å²) in [5, 5.41) is 3.01. The van der Waals surface area contributed by atoms with Crippen molar-refractivity contribution in [2.45, 2.75) is 52.1 Å². The number of nitrogens with one attached hydrogen (secondary N) is 1. The van der Waals surface area contributed by atoms with Crippen LogP contribution in [0.2, 0.25) is 0 Å². The van der Waals surface area contributed by atoms with Crippen molar-refractivity contribution in [3.63, 3.8) is 0 Å². The molecule has 0 bridgehead atoms. The first-order valence-corrected chi connectivity index (χ1v) is 6.09. The summed E-state index contributed by atoms with van der Waals surface area (Å²) in [4.78, 5) is 11.5. The Morgan fingerprint density at radius 2 is 2.00 bits per heavy atom. The van der Waals surface area contributed by atoms with E-state index in [-0.39, 0.29) is 5.91 Å². The van der Waals surface area contributed by atoms with Crippen molar-refractivity contribution in [1.82, 2.24) is 9.88 Å². The Labute approximate surface area is 96.8 Å². The minimum absolute atomic E-state index is 0.213. The second-order valence-electron chi connectivity index (χ2n) is 4.71. The molecule has 0 aromatic carbocycles. The summed E-state index contributed by atoms with van der Waals surface area (Å²) in [6.45, 7) is 5.16. The molecule has 1 heterocycles. The van der Waals surface area contributed by atoms with Gasteiger partial charge >= 0.3 is 0 Å². The van der Waals surface area contributed by atoms with Gasteiger partial charge in [-0.3, -0.25) is 4.79 Å². The third kappa shape index (κ3) is 2.87. The molecule has 1 fully saturated rings. The van der Waals surface area contributed by atoms with Crippen molar-refractivity contribution in [3.8, 4) is 0 Å². The van der Waals surface area contributed by atoms with Crippen molar-refractivity contribution >= 4 is 5.91 Å². The molecule has 0 spiro atoms. The molecule has 1 saturated carbocycles. The average Bonchev–Trinajstić information content (AvgIpc) is 2.99. The summed E-state index contributed by atoms with van der Waals surface area (Å²) in [6.07, 6.45) is 3.91. The van der Waals surface area contributed by atoms with Gasteiger partial charge in [0.1, 0.15) is 0 Å². The van der Waals surface area contributed by atoms with Gasteiger partial charge in [-0.1, -0.05) is 0 Å². The first-order valence-electron chi connectivity index (χ1n) is 6.09. The van der Waals surface area contributed by atoms with Crippen LogP contribution in [0, 0.1) is 13.8 Å². The summed E-state index contributed by atoms with van der Waals surface area (Å²) in [5.41, 5.74) is 2.56. The van der Waals surface area contributed by atoms with Crippen molar-refractivity contribution in [2.75, 3.05) is 0 Å². The first-order chi connectivity index (χ1) is 7.66. The predicted molar refractivity (Wildman–Crippen MR) is 64.3 cm³/mol.